The van der Waals surface area contributed by atoms with E-state index in [1.165, 1.54) is 0 Å². The number of aliphatic hydroxyl groups is 2. The van der Waals surface area contributed by atoms with E-state index >= 15 is 0 Å². The summed E-state index contributed by atoms with van der Waals surface area (Å²) >= 11 is 0. The second-order valence-corrected chi connectivity index (χ2v) is 4.49. The van der Waals surface area contributed by atoms with Gasteiger partial charge in [-0.05, 0) is 30.2 Å². The highest BCUT2D eigenvalue weighted by atomic mass is 16.5. The molecule has 1 aliphatic heterocycles. The molecule has 0 radical (unpaired) electrons. The van der Waals surface area contributed by atoms with Crippen molar-refractivity contribution in [3.8, 4) is 5.75 Å². The van der Waals surface area contributed by atoms with Gasteiger partial charge in [-0.2, -0.15) is 0 Å². The molecule has 0 bridgehead atoms. The molecule has 0 saturated heterocycles. The molecule has 2 N–H and O–H groups in total. The van der Waals surface area contributed by atoms with Crippen molar-refractivity contribution < 1.29 is 24.5 Å². The van der Waals surface area contributed by atoms with E-state index in [1.807, 2.05) is 0 Å². The standard InChI is InChI=1S/C14H18O5/c1-2-18-13(16)8-11(15)14(17)10-3-4-12-9(7-10)5-6-19-12/h3-4,7,11,14-15,17H,2,5-6,8H2,1H3. The summed E-state index contributed by atoms with van der Waals surface area (Å²) in [7, 11) is 0. The summed E-state index contributed by atoms with van der Waals surface area (Å²) in [5.74, 6) is 0.300. The van der Waals surface area contributed by atoms with Crippen LogP contribution in [0.4, 0.5) is 0 Å². The first-order valence-corrected chi connectivity index (χ1v) is 6.39. The molecule has 2 unspecified atom stereocenters. The van der Waals surface area contributed by atoms with E-state index in [0.29, 0.717) is 12.2 Å². The number of rotatable bonds is 5. The predicted molar refractivity (Wildman–Crippen MR) is 67.9 cm³/mol. The van der Waals surface area contributed by atoms with Crippen LogP contribution >= 0.6 is 0 Å². The number of ether oxygens (including phenoxy) is 2. The van der Waals surface area contributed by atoms with Crippen LogP contribution in [-0.2, 0) is 16.0 Å². The van der Waals surface area contributed by atoms with Crippen LogP contribution in [0.2, 0.25) is 0 Å². The first-order valence-electron chi connectivity index (χ1n) is 6.39. The topological polar surface area (TPSA) is 76.0 Å². The van der Waals surface area contributed by atoms with Gasteiger partial charge in [-0.1, -0.05) is 6.07 Å². The highest BCUT2D eigenvalue weighted by Gasteiger charge is 2.23. The summed E-state index contributed by atoms with van der Waals surface area (Å²) in [6.07, 6.45) is -1.69. The lowest BCUT2D eigenvalue weighted by atomic mass is 9.99. The molecule has 1 aromatic carbocycles. The normalized spacial score (nSPS) is 16.4. The maximum Gasteiger partial charge on any atom is 0.308 e. The molecule has 0 amide bonds. The third kappa shape index (κ3) is 3.24. The lowest BCUT2D eigenvalue weighted by Crippen LogP contribution is -2.23. The first kappa shape index (κ1) is 13.8. The summed E-state index contributed by atoms with van der Waals surface area (Å²) < 4.78 is 10.1. The van der Waals surface area contributed by atoms with Crippen LogP contribution in [0.5, 0.6) is 5.75 Å². The Morgan fingerprint density at radius 2 is 2.26 bits per heavy atom. The Morgan fingerprint density at radius 1 is 1.47 bits per heavy atom. The van der Waals surface area contributed by atoms with E-state index in [9.17, 15) is 15.0 Å². The molecule has 1 aliphatic rings. The Labute approximate surface area is 111 Å². The van der Waals surface area contributed by atoms with E-state index < -0.39 is 18.2 Å². The van der Waals surface area contributed by atoms with Crippen LogP contribution in [0.25, 0.3) is 0 Å². The van der Waals surface area contributed by atoms with Crippen LogP contribution < -0.4 is 4.74 Å². The van der Waals surface area contributed by atoms with Crippen molar-refractivity contribution in [3.63, 3.8) is 0 Å². The third-order valence-electron chi connectivity index (χ3n) is 3.10. The Kier molecular flexibility index (Phi) is 4.39. The van der Waals surface area contributed by atoms with E-state index in [4.69, 9.17) is 9.47 Å². The van der Waals surface area contributed by atoms with Gasteiger partial charge < -0.3 is 19.7 Å². The summed E-state index contributed by atoms with van der Waals surface area (Å²) in [4.78, 5) is 11.3. The van der Waals surface area contributed by atoms with Crippen molar-refractivity contribution in [2.24, 2.45) is 0 Å². The number of hydrogen-bond acceptors (Lipinski definition) is 5. The number of fused-ring (bicyclic) bond motifs is 1. The molecule has 2 rings (SSSR count). The lowest BCUT2D eigenvalue weighted by Gasteiger charge is -2.18. The van der Waals surface area contributed by atoms with Gasteiger partial charge in [-0.3, -0.25) is 4.79 Å². The molecule has 5 nitrogen and oxygen atoms in total. The van der Waals surface area contributed by atoms with Crippen molar-refractivity contribution in [1.82, 2.24) is 0 Å². The fourth-order valence-electron chi connectivity index (χ4n) is 2.11. The van der Waals surface area contributed by atoms with Crippen LogP contribution in [0.15, 0.2) is 18.2 Å². The largest absolute Gasteiger partial charge is 0.493 e. The summed E-state index contributed by atoms with van der Waals surface area (Å²) in [5, 5.41) is 19.9. The summed E-state index contributed by atoms with van der Waals surface area (Å²) in [6, 6.07) is 5.28. The maximum absolute atomic E-state index is 11.3. The molecule has 0 saturated carbocycles. The van der Waals surface area contributed by atoms with E-state index in [1.54, 1.807) is 25.1 Å². The minimum atomic E-state index is -1.17. The second kappa shape index (κ2) is 6.04. The van der Waals surface area contributed by atoms with Gasteiger partial charge in [0.05, 0.1) is 25.7 Å². The average Bonchev–Trinajstić information content (AvgIpc) is 2.85. The fraction of sp³-hybridized carbons (Fsp3) is 0.500. The van der Waals surface area contributed by atoms with E-state index in [2.05, 4.69) is 0 Å². The minimum Gasteiger partial charge on any atom is -0.493 e. The van der Waals surface area contributed by atoms with Crippen molar-refractivity contribution in [2.75, 3.05) is 13.2 Å². The summed E-state index contributed by atoms with van der Waals surface area (Å²) in [6.45, 7) is 2.60. The Bertz CT molecular complexity index is 457. The van der Waals surface area contributed by atoms with Gasteiger partial charge >= 0.3 is 5.97 Å². The SMILES string of the molecule is CCOC(=O)CC(O)C(O)c1ccc2c(c1)CCO2. The molecule has 0 aliphatic carbocycles. The number of carbonyl (C=O) groups is 1. The zero-order valence-electron chi connectivity index (χ0n) is 10.8. The van der Waals surface area contributed by atoms with Gasteiger partial charge in [-0.25, -0.2) is 0 Å². The smallest absolute Gasteiger partial charge is 0.308 e. The predicted octanol–water partition coefficient (Wildman–Crippen LogP) is 0.969. The Hall–Kier alpha value is -1.59. The molecule has 0 fully saturated rings. The van der Waals surface area contributed by atoms with E-state index in [0.717, 1.165) is 17.7 Å². The third-order valence-corrected chi connectivity index (χ3v) is 3.10. The molecule has 1 heterocycles. The zero-order valence-corrected chi connectivity index (χ0v) is 10.8. The van der Waals surface area contributed by atoms with Crippen molar-refractivity contribution in [3.05, 3.63) is 29.3 Å². The zero-order chi connectivity index (χ0) is 13.8. The highest BCUT2D eigenvalue weighted by Crippen LogP contribution is 2.29. The van der Waals surface area contributed by atoms with Gasteiger partial charge in [0.2, 0.25) is 0 Å². The molecule has 0 aromatic heterocycles. The summed E-state index contributed by atoms with van der Waals surface area (Å²) in [5.41, 5.74) is 1.60. The van der Waals surface area contributed by atoms with E-state index in [-0.39, 0.29) is 13.0 Å². The molecule has 5 heteroatoms. The highest BCUT2D eigenvalue weighted by molar-refractivity contribution is 5.70. The molecule has 104 valence electrons. The number of carbonyl (C=O) groups excluding carboxylic acids is 1. The average molecular weight is 266 g/mol. The number of benzene rings is 1. The van der Waals surface area contributed by atoms with Crippen LogP contribution in [-0.4, -0.2) is 35.5 Å². The van der Waals surface area contributed by atoms with Crippen LogP contribution in [0.1, 0.15) is 30.6 Å². The second-order valence-electron chi connectivity index (χ2n) is 4.49. The molecule has 1 aromatic rings. The lowest BCUT2D eigenvalue weighted by molar-refractivity contribution is -0.147. The van der Waals surface area contributed by atoms with Crippen molar-refractivity contribution in [1.29, 1.82) is 0 Å². The minimum absolute atomic E-state index is 0.220. The van der Waals surface area contributed by atoms with Gasteiger partial charge in [0.25, 0.3) is 0 Å². The van der Waals surface area contributed by atoms with Crippen LogP contribution in [0, 0.1) is 0 Å². The molecule has 2 atom stereocenters. The fourth-order valence-corrected chi connectivity index (χ4v) is 2.11. The quantitative estimate of drug-likeness (QED) is 0.777. The number of hydrogen-bond donors (Lipinski definition) is 2. The Balaban J connectivity index is 2.02. The first-order chi connectivity index (χ1) is 9.11. The maximum atomic E-state index is 11.3. The molecular formula is C14H18O5. The molecular weight excluding hydrogens is 248 g/mol. The van der Waals surface area contributed by atoms with Crippen LogP contribution in [0.3, 0.4) is 0 Å². The van der Waals surface area contributed by atoms with Crippen molar-refractivity contribution in [2.45, 2.75) is 32.0 Å². The van der Waals surface area contributed by atoms with Gasteiger partial charge in [0.1, 0.15) is 11.9 Å². The van der Waals surface area contributed by atoms with Crippen molar-refractivity contribution >= 4 is 5.97 Å². The molecule has 19 heavy (non-hydrogen) atoms. The monoisotopic (exact) mass is 266 g/mol. The van der Waals surface area contributed by atoms with Gasteiger partial charge in [0, 0.05) is 6.42 Å². The number of esters is 1. The molecule has 0 spiro atoms. The number of aliphatic hydroxyl groups excluding tert-OH is 2. The van der Waals surface area contributed by atoms with Gasteiger partial charge in [0.15, 0.2) is 0 Å². The Morgan fingerprint density at radius 3 is 3.00 bits per heavy atom. The van der Waals surface area contributed by atoms with Gasteiger partial charge in [-0.15, -0.1) is 0 Å².